The molecule has 0 heterocycles. The number of carbonyl (C=O) groups is 1. The zero-order chi connectivity index (χ0) is 20.7. The van der Waals surface area contributed by atoms with Crippen LogP contribution in [0.25, 0.3) is 0 Å². The molecule has 1 aliphatic rings. The fourth-order valence-electron chi connectivity index (χ4n) is 4.14. The summed E-state index contributed by atoms with van der Waals surface area (Å²) in [7, 11) is 1.39. The summed E-state index contributed by atoms with van der Waals surface area (Å²) < 4.78 is 11.2. The van der Waals surface area contributed by atoms with Gasteiger partial charge in [0.25, 0.3) is 0 Å². The normalized spacial score (nSPS) is 17.0. The van der Waals surface area contributed by atoms with Gasteiger partial charge >= 0.3 is 5.97 Å². The molecule has 3 nitrogen and oxygen atoms in total. The van der Waals surface area contributed by atoms with E-state index in [1.165, 1.54) is 36.6 Å². The van der Waals surface area contributed by atoms with Crippen LogP contribution in [0.3, 0.4) is 0 Å². The number of hydrogen-bond acceptors (Lipinski definition) is 3. The average Bonchev–Trinajstić information content (AvgIpc) is 2.66. The van der Waals surface area contributed by atoms with Gasteiger partial charge in [0, 0.05) is 0 Å². The van der Waals surface area contributed by atoms with Crippen LogP contribution < -0.4 is 4.74 Å². The SMILES string of the molecule is CCc1cc2c(cc1Oc1ccc(C(=O)OC)cc1C)C(C)(C)CCC2(C)C. The molecule has 0 bridgehead atoms. The van der Waals surface area contributed by atoms with Crippen LogP contribution in [0.1, 0.15) is 80.1 Å². The van der Waals surface area contributed by atoms with Gasteiger partial charge in [0.2, 0.25) is 0 Å². The first-order valence-electron chi connectivity index (χ1n) is 10.1. The summed E-state index contributed by atoms with van der Waals surface area (Å²) in [5.74, 6) is 1.36. The molecule has 0 saturated carbocycles. The van der Waals surface area contributed by atoms with Gasteiger partial charge in [-0.25, -0.2) is 4.79 Å². The van der Waals surface area contributed by atoms with E-state index in [4.69, 9.17) is 9.47 Å². The number of hydrogen-bond donors (Lipinski definition) is 0. The van der Waals surface area contributed by atoms with Crippen molar-refractivity contribution in [3.05, 3.63) is 58.1 Å². The molecule has 2 aromatic rings. The third kappa shape index (κ3) is 3.67. The lowest BCUT2D eigenvalue weighted by Crippen LogP contribution is -2.34. The molecule has 0 fully saturated rings. The molecule has 1 aliphatic carbocycles. The molecule has 0 N–H and O–H groups in total. The van der Waals surface area contributed by atoms with Crippen LogP contribution in [0.2, 0.25) is 0 Å². The molecule has 0 aliphatic heterocycles. The van der Waals surface area contributed by atoms with Crippen LogP contribution in [0.15, 0.2) is 30.3 Å². The Morgan fingerprint density at radius 2 is 1.57 bits per heavy atom. The maximum absolute atomic E-state index is 11.8. The second kappa shape index (κ2) is 7.27. The number of methoxy groups -OCH3 is 1. The maximum Gasteiger partial charge on any atom is 0.337 e. The Kier molecular flexibility index (Phi) is 5.31. The maximum atomic E-state index is 11.8. The molecular weight excluding hydrogens is 348 g/mol. The molecule has 3 rings (SSSR count). The van der Waals surface area contributed by atoms with Gasteiger partial charge in [-0.15, -0.1) is 0 Å². The standard InChI is InChI=1S/C25H32O3/c1-8-17-14-19-20(25(5,6)12-11-24(19,3)4)15-22(17)28-21-10-9-18(13-16(21)2)23(26)27-7/h9-10,13-15H,8,11-12H2,1-7H3. The van der Waals surface area contributed by atoms with Crippen LogP contribution >= 0.6 is 0 Å². The van der Waals surface area contributed by atoms with Gasteiger partial charge in [0.15, 0.2) is 0 Å². The van der Waals surface area contributed by atoms with E-state index in [1.807, 2.05) is 19.1 Å². The number of aryl methyl sites for hydroxylation is 2. The largest absolute Gasteiger partial charge is 0.465 e. The lowest BCUT2D eigenvalue weighted by molar-refractivity contribution is 0.0600. The van der Waals surface area contributed by atoms with Gasteiger partial charge in [0.1, 0.15) is 11.5 Å². The minimum absolute atomic E-state index is 0.138. The second-order valence-corrected chi connectivity index (χ2v) is 9.20. The van der Waals surface area contributed by atoms with E-state index in [-0.39, 0.29) is 16.8 Å². The van der Waals surface area contributed by atoms with Crippen molar-refractivity contribution in [2.75, 3.05) is 7.11 Å². The highest BCUT2D eigenvalue weighted by Crippen LogP contribution is 2.48. The highest BCUT2D eigenvalue weighted by Gasteiger charge is 2.37. The van der Waals surface area contributed by atoms with E-state index in [1.54, 1.807) is 6.07 Å². The molecule has 3 heteroatoms. The summed E-state index contributed by atoms with van der Waals surface area (Å²) >= 11 is 0. The lowest BCUT2D eigenvalue weighted by atomic mass is 9.63. The van der Waals surface area contributed by atoms with E-state index in [2.05, 4.69) is 46.8 Å². The molecule has 0 spiro atoms. The molecule has 0 aromatic heterocycles. The summed E-state index contributed by atoms with van der Waals surface area (Å²) in [5, 5.41) is 0. The van der Waals surface area contributed by atoms with Gasteiger partial charge in [-0.3, -0.25) is 0 Å². The Bertz CT molecular complexity index is 906. The van der Waals surface area contributed by atoms with E-state index in [0.29, 0.717) is 5.56 Å². The van der Waals surface area contributed by atoms with Crippen molar-refractivity contribution in [1.29, 1.82) is 0 Å². The minimum atomic E-state index is -0.332. The summed E-state index contributed by atoms with van der Waals surface area (Å²) in [6.07, 6.45) is 3.29. The van der Waals surface area contributed by atoms with E-state index in [0.717, 1.165) is 23.5 Å². The van der Waals surface area contributed by atoms with Crippen molar-refractivity contribution in [2.45, 2.75) is 71.6 Å². The van der Waals surface area contributed by atoms with Gasteiger partial charge in [-0.1, -0.05) is 40.7 Å². The first-order valence-corrected chi connectivity index (χ1v) is 10.1. The van der Waals surface area contributed by atoms with Crippen molar-refractivity contribution in [3.8, 4) is 11.5 Å². The van der Waals surface area contributed by atoms with Crippen molar-refractivity contribution in [3.63, 3.8) is 0 Å². The fourth-order valence-corrected chi connectivity index (χ4v) is 4.14. The minimum Gasteiger partial charge on any atom is -0.465 e. The summed E-state index contributed by atoms with van der Waals surface area (Å²) in [6.45, 7) is 13.5. The number of benzene rings is 2. The predicted octanol–water partition coefficient (Wildman–Crippen LogP) is 6.49. The molecule has 0 radical (unpaired) electrons. The van der Waals surface area contributed by atoms with Crippen LogP contribution in [0.4, 0.5) is 0 Å². The van der Waals surface area contributed by atoms with Crippen LogP contribution in [-0.2, 0) is 22.0 Å². The Hall–Kier alpha value is -2.29. The molecular formula is C25H32O3. The van der Waals surface area contributed by atoms with Crippen LogP contribution in [0.5, 0.6) is 11.5 Å². The monoisotopic (exact) mass is 380 g/mol. The Labute approximate surface area is 169 Å². The number of rotatable bonds is 4. The molecule has 2 aromatic carbocycles. The van der Waals surface area contributed by atoms with Gasteiger partial charge in [-0.2, -0.15) is 0 Å². The number of esters is 1. The molecule has 0 saturated heterocycles. The molecule has 0 amide bonds. The van der Waals surface area contributed by atoms with E-state index in [9.17, 15) is 4.79 Å². The highest BCUT2D eigenvalue weighted by atomic mass is 16.5. The van der Waals surface area contributed by atoms with Crippen LogP contribution in [0, 0.1) is 6.92 Å². The van der Waals surface area contributed by atoms with Gasteiger partial charge in [-0.05, 0) is 83.5 Å². The van der Waals surface area contributed by atoms with Crippen molar-refractivity contribution in [1.82, 2.24) is 0 Å². The zero-order valence-electron chi connectivity index (χ0n) is 18.2. The summed E-state index contributed by atoms with van der Waals surface area (Å²) in [6, 6.07) is 10.0. The predicted molar refractivity (Wildman–Crippen MR) is 114 cm³/mol. The van der Waals surface area contributed by atoms with E-state index < -0.39 is 0 Å². The quantitative estimate of drug-likeness (QED) is 0.569. The van der Waals surface area contributed by atoms with Crippen molar-refractivity contribution >= 4 is 5.97 Å². The van der Waals surface area contributed by atoms with E-state index >= 15 is 0 Å². The Balaban J connectivity index is 2.05. The van der Waals surface area contributed by atoms with Gasteiger partial charge in [0.05, 0.1) is 12.7 Å². The molecule has 28 heavy (non-hydrogen) atoms. The summed E-state index contributed by atoms with van der Waals surface area (Å²) in [5.41, 5.74) is 5.84. The topological polar surface area (TPSA) is 35.5 Å². The first kappa shape index (κ1) is 20.4. The van der Waals surface area contributed by atoms with Gasteiger partial charge < -0.3 is 9.47 Å². The first-order chi connectivity index (χ1) is 13.1. The third-order valence-corrected chi connectivity index (χ3v) is 6.23. The van der Waals surface area contributed by atoms with Crippen molar-refractivity contribution < 1.29 is 14.3 Å². The lowest BCUT2D eigenvalue weighted by Gasteiger charge is -2.42. The summed E-state index contributed by atoms with van der Waals surface area (Å²) in [4.78, 5) is 11.8. The number of carbonyl (C=O) groups excluding carboxylic acids is 1. The fraction of sp³-hybridized carbons (Fsp3) is 0.480. The molecule has 0 atom stereocenters. The van der Waals surface area contributed by atoms with Crippen LogP contribution in [-0.4, -0.2) is 13.1 Å². The second-order valence-electron chi connectivity index (χ2n) is 9.20. The van der Waals surface area contributed by atoms with Crippen molar-refractivity contribution in [2.24, 2.45) is 0 Å². The average molecular weight is 381 g/mol. The molecule has 0 unspecified atom stereocenters. The highest BCUT2D eigenvalue weighted by molar-refractivity contribution is 5.89. The third-order valence-electron chi connectivity index (χ3n) is 6.23. The zero-order valence-corrected chi connectivity index (χ0v) is 18.2. The number of fused-ring (bicyclic) bond motifs is 1. The Morgan fingerprint density at radius 3 is 2.11 bits per heavy atom. The number of ether oxygens (including phenoxy) is 2. The Morgan fingerprint density at radius 1 is 0.964 bits per heavy atom. The smallest absolute Gasteiger partial charge is 0.337 e. The molecule has 150 valence electrons.